The zero-order valence-corrected chi connectivity index (χ0v) is 11.4. The summed E-state index contributed by atoms with van der Waals surface area (Å²) < 4.78 is 51.3. The third-order valence-electron chi connectivity index (χ3n) is 3.48. The Kier molecular flexibility index (Phi) is 4.51. The summed E-state index contributed by atoms with van der Waals surface area (Å²) in [6.07, 6.45) is -2.22. The summed E-state index contributed by atoms with van der Waals surface area (Å²) in [4.78, 5) is 12.0. The van der Waals surface area contributed by atoms with E-state index in [9.17, 15) is 22.4 Å². The van der Waals surface area contributed by atoms with Crippen LogP contribution in [0.15, 0.2) is 18.2 Å². The van der Waals surface area contributed by atoms with Gasteiger partial charge >= 0.3 is 6.18 Å². The van der Waals surface area contributed by atoms with Gasteiger partial charge in [-0.05, 0) is 44.4 Å². The van der Waals surface area contributed by atoms with Gasteiger partial charge in [0.15, 0.2) is 0 Å². The van der Waals surface area contributed by atoms with E-state index in [1.807, 2.05) is 6.92 Å². The van der Waals surface area contributed by atoms with E-state index in [0.29, 0.717) is 24.6 Å². The van der Waals surface area contributed by atoms with Crippen molar-refractivity contribution in [2.45, 2.75) is 44.4 Å². The van der Waals surface area contributed by atoms with Gasteiger partial charge in [0.05, 0.1) is 17.3 Å². The normalized spacial score (nSPS) is 22.9. The highest BCUT2D eigenvalue weighted by molar-refractivity contribution is 5.95. The number of alkyl halides is 3. The Balaban J connectivity index is 2.13. The van der Waals surface area contributed by atoms with E-state index < -0.39 is 35.2 Å². The van der Waals surface area contributed by atoms with Crippen LogP contribution in [0.3, 0.4) is 0 Å². The maximum atomic E-state index is 13.6. The van der Waals surface area contributed by atoms with Gasteiger partial charge in [-0.3, -0.25) is 4.79 Å². The van der Waals surface area contributed by atoms with Crippen LogP contribution < -0.4 is 10.6 Å². The minimum Gasteiger partial charge on any atom is -0.322 e. The molecule has 0 aliphatic carbocycles. The lowest BCUT2D eigenvalue weighted by Crippen LogP contribution is -2.47. The number of piperidine rings is 1. The highest BCUT2D eigenvalue weighted by Crippen LogP contribution is 2.31. The Labute approximate surface area is 119 Å². The summed E-state index contributed by atoms with van der Waals surface area (Å²) >= 11 is 0. The van der Waals surface area contributed by atoms with Gasteiger partial charge < -0.3 is 10.6 Å². The van der Waals surface area contributed by atoms with Crippen molar-refractivity contribution in [2.24, 2.45) is 0 Å². The fraction of sp³-hybridized carbons (Fsp3) is 0.500. The Morgan fingerprint density at radius 2 is 2.05 bits per heavy atom. The number of rotatable bonds is 2. The number of hydrogen-bond acceptors (Lipinski definition) is 2. The number of hydrogen-bond donors (Lipinski definition) is 2. The zero-order valence-electron chi connectivity index (χ0n) is 11.4. The van der Waals surface area contributed by atoms with E-state index in [2.05, 4.69) is 10.6 Å². The molecule has 7 heteroatoms. The average molecular weight is 304 g/mol. The van der Waals surface area contributed by atoms with Crippen LogP contribution in [0.2, 0.25) is 0 Å². The maximum Gasteiger partial charge on any atom is 0.416 e. The molecule has 21 heavy (non-hydrogen) atoms. The van der Waals surface area contributed by atoms with Gasteiger partial charge in [-0.15, -0.1) is 0 Å². The number of carbonyl (C=O) groups is 1. The molecule has 1 aliphatic rings. The number of nitrogens with one attached hydrogen (secondary N) is 2. The van der Waals surface area contributed by atoms with Crippen molar-refractivity contribution in [1.29, 1.82) is 0 Å². The van der Waals surface area contributed by atoms with Crippen molar-refractivity contribution in [3.8, 4) is 0 Å². The molecule has 0 radical (unpaired) electrons. The number of anilines is 1. The Morgan fingerprint density at radius 3 is 2.67 bits per heavy atom. The molecule has 1 amide bonds. The van der Waals surface area contributed by atoms with Crippen molar-refractivity contribution >= 4 is 11.6 Å². The summed E-state index contributed by atoms with van der Waals surface area (Å²) in [7, 11) is 0. The highest BCUT2D eigenvalue weighted by atomic mass is 19.4. The minimum atomic E-state index is -4.58. The van der Waals surface area contributed by atoms with Crippen LogP contribution in [-0.4, -0.2) is 18.0 Å². The van der Waals surface area contributed by atoms with Crippen molar-refractivity contribution < 1.29 is 22.4 Å². The lowest BCUT2D eigenvalue weighted by molar-refractivity contribution is -0.137. The topological polar surface area (TPSA) is 41.1 Å². The molecule has 3 nitrogen and oxygen atoms in total. The molecule has 2 N–H and O–H groups in total. The molecule has 1 fully saturated rings. The smallest absolute Gasteiger partial charge is 0.322 e. The van der Waals surface area contributed by atoms with Gasteiger partial charge in [0.1, 0.15) is 5.82 Å². The molecule has 0 spiro atoms. The molecule has 1 aromatic rings. The van der Waals surface area contributed by atoms with E-state index in [4.69, 9.17) is 0 Å². The highest BCUT2D eigenvalue weighted by Gasteiger charge is 2.32. The quantitative estimate of drug-likeness (QED) is 0.823. The van der Waals surface area contributed by atoms with Crippen molar-refractivity contribution in [3.63, 3.8) is 0 Å². The Morgan fingerprint density at radius 1 is 1.33 bits per heavy atom. The predicted octanol–water partition coefficient (Wildman–Crippen LogP) is 3.31. The Hall–Kier alpha value is -1.63. The van der Waals surface area contributed by atoms with Crippen LogP contribution in [0.25, 0.3) is 0 Å². The first-order valence-corrected chi connectivity index (χ1v) is 6.71. The van der Waals surface area contributed by atoms with Gasteiger partial charge in [0.2, 0.25) is 5.91 Å². The van der Waals surface area contributed by atoms with Crippen LogP contribution in [-0.2, 0) is 11.0 Å². The SMILES string of the molecule is CC1CCCC(C(=O)Nc2cc(C(F)(F)F)ccc2F)N1. The van der Waals surface area contributed by atoms with Gasteiger partial charge in [-0.25, -0.2) is 4.39 Å². The van der Waals surface area contributed by atoms with Gasteiger partial charge in [-0.1, -0.05) is 0 Å². The second-order valence-electron chi connectivity index (χ2n) is 5.23. The summed E-state index contributed by atoms with van der Waals surface area (Å²) in [6, 6.07) is 1.60. The number of halogens is 4. The fourth-order valence-electron chi connectivity index (χ4n) is 2.36. The van der Waals surface area contributed by atoms with Crippen molar-refractivity contribution in [2.75, 3.05) is 5.32 Å². The lowest BCUT2D eigenvalue weighted by Gasteiger charge is -2.27. The van der Waals surface area contributed by atoms with Crippen LogP contribution in [0.4, 0.5) is 23.2 Å². The molecule has 0 aromatic heterocycles. The van der Waals surface area contributed by atoms with Crippen molar-refractivity contribution in [3.05, 3.63) is 29.6 Å². The van der Waals surface area contributed by atoms with Crippen LogP contribution in [0.1, 0.15) is 31.7 Å². The third-order valence-corrected chi connectivity index (χ3v) is 3.48. The fourth-order valence-corrected chi connectivity index (χ4v) is 2.36. The lowest BCUT2D eigenvalue weighted by atomic mass is 9.99. The van der Waals surface area contributed by atoms with Crippen LogP contribution >= 0.6 is 0 Å². The van der Waals surface area contributed by atoms with Gasteiger partial charge in [0.25, 0.3) is 0 Å². The van der Waals surface area contributed by atoms with E-state index in [1.165, 1.54) is 0 Å². The summed E-state index contributed by atoms with van der Waals surface area (Å²) in [5, 5.41) is 5.28. The molecule has 116 valence electrons. The first-order chi connectivity index (χ1) is 9.77. The van der Waals surface area contributed by atoms with Crippen LogP contribution in [0.5, 0.6) is 0 Å². The maximum absolute atomic E-state index is 13.6. The van der Waals surface area contributed by atoms with E-state index in [0.717, 1.165) is 12.8 Å². The molecule has 1 aliphatic heterocycles. The monoisotopic (exact) mass is 304 g/mol. The second kappa shape index (κ2) is 6.01. The molecule has 1 saturated heterocycles. The number of carbonyl (C=O) groups excluding carboxylic acids is 1. The van der Waals surface area contributed by atoms with Gasteiger partial charge in [0, 0.05) is 6.04 Å². The minimum absolute atomic E-state index is 0.154. The summed E-state index contributed by atoms with van der Waals surface area (Å²) in [5.41, 5.74) is -1.45. The molecular weight excluding hydrogens is 288 g/mol. The van der Waals surface area contributed by atoms with E-state index in [-0.39, 0.29) is 6.04 Å². The largest absolute Gasteiger partial charge is 0.416 e. The first kappa shape index (κ1) is 15.8. The Bertz CT molecular complexity index is 530. The standard InChI is InChI=1S/C14H16F4N2O/c1-8-3-2-4-11(19-8)13(21)20-12-7-9(14(16,17)18)5-6-10(12)15/h5-8,11,19H,2-4H2,1H3,(H,20,21). The average Bonchev–Trinajstić information content (AvgIpc) is 2.40. The molecule has 0 bridgehead atoms. The third kappa shape index (κ3) is 3.93. The summed E-state index contributed by atoms with van der Waals surface area (Å²) in [5.74, 6) is -1.40. The van der Waals surface area contributed by atoms with Crippen LogP contribution in [0, 0.1) is 5.82 Å². The molecule has 2 rings (SSSR count). The molecule has 2 unspecified atom stereocenters. The zero-order chi connectivity index (χ0) is 15.6. The molecule has 0 saturated carbocycles. The predicted molar refractivity (Wildman–Crippen MR) is 70.3 cm³/mol. The second-order valence-corrected chi connectivity index (χ2v) is 5.23. The molecule has 1 heterocycles. The number of benzene rings is 1. The summed E-state index contributed by atoms with van der Waals surface area (Å²) in [6.45, 7) is 1.92. The molecular formula is C14H16F4N2O. The molecule has 1 aromatic carbocycles. The van der Waals surface area contributed by atoms with Crippen molar-refractivity contribution in [1.82, 2.24) is 5.32 Å². The van der Waals surface area contributed by atoms with E-state index in [1.54, 1.807) is 0 Å². The first-order valence-electron chi connectivity index (χ1n) is 6.71. The van der Waals surface area contributed by atoms with E-state index >= 15 is 0 Å². The van der Waals surface area contributed by atoms with Gasteiger partial charge in [-0.2, -0.15) is 13.2 Å². The number of amides is 1. The molecule has 2 atom stereocenters.